The van der Waals surface area contributed by atoms with Gasteiger partial charge in [0.05, 0.1) is 0 Å². The third-order valence-corrected chi connectivity index (χ3v) is 4.80. The Labute approximate surface area is 159 Å². The number of benzene rings is 3. The summed E-state index contributed by atoms with van der Waals surface area (Å²) in [5.74, 6) is 0.0367. The molecule has 0 aliphatic heterocycles. The Hall–Kier alpha value is -2.99. The first-order valence-electron chi connectivity index (χ1n) is 8.23. The van der Waals surface area contributed by atoms with Crippen molar-refractivity contribution in [2.75, 3.05) is 11.6 Å². The monoisotopic (exact) mass is 383 g/mol. The van der Waals surface area contributed by atoms with E-state index in [-0.39, 0.29) is 11.7 Å². The van der Waals surface area contributed by atoms with E-state index in [9.17, 15) is 13.4 Å². The Kier molecular flexibility index (Phi) is 5.98. The van der Waals surface area contributed by atoms with Gasteiger partial charge in [-0.2, -0.15) is 0 Å². The molecule has 0 aliphatic carbocycles. The van der Waals surface area contributed by atoms with E-state index in [1.807, 2.05) is 0 Å². The first-order valence-corrected chi connectivity index (χ1v) is 9.79. The van der Waals surface area contributed by atoms with Gasteiger partial charge >= 0.3 is 0 Å². The van der Waals surface area contributed by atoms with E-state index in [1.165, 1.54) is 12.1 Å². The topological polar surface area (TPSA) is 55.4 Å². The minimum absolute atomic E-state index is 0.265. The number of carbonyl (C=O) groups excluding carboxylic acids is 1. The number of nitrogens with one attached hydrogen (secondary N) is 1. The van der Waals surface area contributed by atoms with Crippen molar-refractivity contribution in [2.45, 2.75) is 11.5 Å². The smallest absolute Gasteiger partial charge is 0.255 e. The van der Waals surface area contributed by atoms with Crippen LogP contribution in [0.4, 0.5) is 10.1 Å². The van der Waals surface area contributed by atoms with Crippen molar-refractivity contribution >= 4 is 22.4 Å². The zero-order chi connectivity index (χ0) is 19.2. The minimum Gasteiger partial charge on any atom is -0.489 e. The molecule has 0 spiro atoms. The summed E-state index contributed by atoms with van der Waals surface area (Å²) in [6.45, 7) is 0.299. The molecule has 0 fully saturated rings. The van der Waals surface area contributed by atoms with Crippen LogP contribution in [0.1, 0.15) is 15.9 Å². The third-order valence-electron chi connectivity index (χ3n) is 3.86. The maximum absolute atomic E-state index is 12.9. The Bertz CT molecular complexity index is 956. The number of ether oxygens (including phenoxy) is 1. The normalized spacial score (nSPS) is 11.6. The summed E-state index contributed by atoms with van der Waals surface area (Å²) in [5, 5.41) is 2.81. The van der Waals surface area contributed by atoms with Crippen LogP contribution in [0.15, 0.2) is 77.7 Å². The summed E-state index contributed by atoms with van der Waals surface area (Å²) in [7, 11) is -1.08. The minimum atomic E-state index is -1.08. The number of rotatable bonds is 6. The van der Waals surface area contributed by atoms with E-state index in [0.717, 1.165) is 5.56 Å². The third kappa shape index (κ3) is 5.24. The molecule has 0 heterocycles. The van der Waals surface area contributed by atoms with Crippen LogP contribution in [0.2, 0.25) is 0 Å². The number of halogens is 1. The molecule has 1 unspecified atom stereocenters. The highest BCUT2D eigenvalue weighted by Gasteiger charge is 2.08. The van der Waals surface area contributed by atoms with Crippen LogP contribution in [-0.2, 0) is 17.4 Å². The molecule has 1 atom stereocenters. The van der Waals surface area contributed by atoms with Crippen molar-refractivity contribution in [3.05, 3.63) is 89.7 Å². The summed E-state index contributed by atoms with van der Waals surface area (Å²) >= 11 is 0. The van der Waals surface area contributed by atoms with Crippen LogP contribution in [0.3, 0.4) is 0 Å². The summed E-state index contributed by atoms with van der Waals surface area (Å²) in [5.41, 5.74) is 1.92. The fourth-order valence-electron chi connectivity index (χ4n) is 2.41. The lowest BCUT2D eigenvalue weighted by Gasteiger charge is -2.10. The Morgan fingerprint density at radius 2 is 1.74 bits per heavy atom. The number of anilines is 1. The zero-order valence-corrected chi connectivity index (χ0v) is 15.5. The average molecular weight is 383 g/mol. The van der Waals surface area contributed by atoms with Crippen molar-refractivity contribution in [3.8, 4) is 5.75 Å². The van der Waals surface area contributed by atoms with Crippen LogP contribution in [-0.4, -0.2) is 16.4 Å². The SMILES string of the molecule is CS(=O)c1ccc(C(=O)Nc2cccc(OCc3ccc(F)cc3)c2)cc1. The van der Waals surface area contributed by atoms with Crippen molar-refractivity contribution in [2.24, 2.45) is 0 Å². The molecule has 1 N–H and O–H groups in total. The van der Waals surface area contributed by atoms with Gasteiger partial charge in [-0.1, -0.05) is 18.2 Å². The molecule has 3 aromatic rings. The molecular weight excluding hydrogens is 365 g/mol. The fraction of sp³-hybridized carbons (Fsp3) is 0.0952. The van der Waals surface area contributed by atoms with Gasteiger partial charge in [-0.05, 0) is 54.1 Å². The summed E-state index contributed by atoms with van der Waals surface area (Å²) in [4.78, 5) is 13.0. The quantitative estimate of drug-likeness (QED) is 0.687. The van der Waals surface area contributed by atoms with Crippen LogP contribution >= 0.6 is 0 Å². The lowest BCUT2D eigenvalue weighted by Crippen LogP contribution is -2.12. The van der Waals surface area contributed by atoms with Crippen molar-refractivity contribution < 1.29 is 18.1 Å². The number of amides is 1. The van der Waals surface area contributed by atoms with Gasteiger partial charge in [0.25, 0.3) is 5.91 Å². The van der Waals surface area contributed by atoms with Crippen molar-refractivity contribution in [3.63, 3.8) is 0 Å². The van der Waals surface area contributed by atoms with Crippen LogP contribution in [0.5, 0.6) is 5.75 Å². The number of carbonyl (C=O) groups is 1. The van der Waals surface area contributed by atoms with Crippen molar-refractivity contribution in [1.82, 2.24) is 0 Å². The molecule has 4 nitrogen and oxygen atoms in total. The van der Waals surface area contributed by atoms with Crippen LogP contribution in [0, 0.1) is 5.82 Å². The molecule has 1 amide bonds. The van der Waals surface area contributed by atoms with Gasteiger partial charge in [-0.15, -0.1) is 0 Å². The average Bonchev–Trinajstić information content (AvgIpc) is 2.68. The molecule has 6 heteroatoms. The van der Waals surface area contributed by atoms with Crippen molar-refractivity contribution in [1.29, 1.82) is 0 Å². The number of hydrogen-bond acceptors (Lipinski definition) is 3. The second-order valence-electron chi connectivity index (χ2n) is 5.88. The molecular formula is C21H18FNO3S. The van der Waals surface area contributed by atoms with E-state index in [2.05, 4.69) is 5.32 Å². The van der Waals surface area contributed by atoms with E-state index in [1.54, 1.807) is 66.9 Å². The first-order chi connectivity index (χ1) is 13.0. The first kappa shape index (κ1) is 18.8. The largest absolute Gasteiger partial charge is 0.489 e. The number of hydrogen-bond donors (Lipinski definition) is 1. The summed E-state index contributed by atoms with van der Waals surface area (Å²) in [6, 6.07) is 19.8. The molecule has 138 valence electrons. The zero-order valence-electron chi connectivity index (χ0n) is 14.6. The van der Waals surface area contributed by atoms with E-state index >= 15 is 0 Å². The van der Waals surface area contributed by atoms with Crippen LogP contribution < -0.4 is 10.1 Å². The lowest BCUT2D eigenvalue weighted by molar-refractivity contribution is 0.102. The predicted octanol–water partition coefficient (Wildman–Crippen LogP) is 4.39. The maximum Gasteiger partial charge on any atom is 0.255 e. The standard InChI is InChI=1S/C21H18FNO3S/c1-27(25)20-11-7-16(8-12-20)21(24)23-18-3-2-4-19(13-18)26-14-15-5-9-17(22)10-6-15/h2-13H,14H2,1H3,(H,23,24). The molecule has 0 saturated carbocycles. The fourth-order valence-corrected chi connectivity index (χ4v) is 2.93. The molecule has 0 aromatic heterocycles. The summed E-state index contributed by atoms with van der Waals surface area (Å²) in [6.07, 6.45) is 1.59. The second kappa shape index (κ2) is 8.60. The molecule has 27 heavy (non-hydrogen) atoms. The lowest BCUT2D eigenvalue weighted by atomic mass is 10.2. The van der Waals surface area contributed by atoms with Gasteiger partial charge in [0.1, 0.15) is 18.2 Å². The van der Waals surface area contributed by atoms with Gasteiger partial charge < -0.3 is 10.1 Å². The Balaban J connectivity index is 1.63. The molecule has 3 aromatic carbocycles. The molecule has 0 saturated heterocycles. The van der Waals surface area contributed by atoms with E-state index < -0.39 is 10.8 Å². The molecule has 0 bridgehead atoms. The van der Waals surface area contributed by atoms with Gasteiger partial charge in [-0.3, -0.25) is 9.00 Å². The van der Waals surface area contributed by atoms with Gasteiger partial charge in [0, 0.05) is 39.3 Å². The molecule has 0 aliphatic rings. The Morgan fingerprint density at radius 3 is 2.41 bits per heavy atom. The Morgan fingerprint density at radius 1 is 1.04 bits per heavy atom. The van der Waals surface area contributed by atoms with E-state index in [0.29, 0.717) is 28.5 Å². The van der Waals surface area contributed by atoms with Gasteiger partial charge in [-0.25, -0.2) is 4.39 Å². The second-order valence-corrected chi connectivity index (χ2v) is 7.26. The van der Waals surface area contributed by atoms with E-state index in [4.69, 9.17) is 4.74 Å². The summed E-state index contributed by atoms with van der Waals surface area (Å²) < 4.78 is 30.0. The van der Waals surface area contributed by atoms with Crippen LogP contribution in [0.25, 0.3) is 0 Å². The highest BCUT2D eigenvalue weighted by molar-refractivity contribution is 7.84. The molecule has 3 rings (SSSR count). The highest BCUT2D eigenvalue weighted by Crippen LogP contribution is 2.20. The van der Waals surface area contributed by atoms with Gasteiger partial charge in [0.15, 0.2) is 0 Å². The predicted molar refractivity (Wildman–Crippen MR) is 104 cm³/mol. The highest BCUT2D eigenvalue weighted by atomic mass is 32.2. The van der Waals surface area contributed by atoms with Gasteiger partial charge in [0.2, 0.25) is 0 Å². The molecule has 0 radical (unpaired) electrons. The maximum atomic E-state index is 12.9.